The van der Waals surface area contributed by atoms with Crippen molar-refractivity contribution in [2.45, 2.75) is 65.8 Å². The van der Waals surface area contributed by atoms with Crippen LogP contribution in [0.15, 0.2) is 17.1 Å². The van der Waals surface area contributed by atoms with Crippen molar-refractivity contribution < 1.29 is 9.13 Å². The van der Waals surface area contributed by atoms with E-state index in [1.807, 2.05) is 20.8 Å². The second-order valence-corrected chi connectivity index (χ2v) is 10.3. The highest BCUT2D eigenvalue weighted by Gasteiger charge is 2.30. The number of rotatable bonds is 6. The SMILES string of the molecule is CCCOc1c(Cl)cnc(C(C)C)c1-n1c(=O)nc(N2C[C@@H](C)CC[C@@H]2C)c2cc(F)c(Cl)nc21. The Hall–Kier alpha value is -2.45. The van der Waals surface area contributed by atoms with Gasteiger partial charge in [-0.15, -0.1) is 0 Å². The summed E-state index contributed by atoms with van der Waals surface area (Å²) in [4.78, 5) is 29.1. The van der Waals surface area contributed by atoms with Gasteiger partial charge in [-0.05, 0) is 44.1 Å². The largest absolute Gasteiger partial charge is 0.490 e. The lowest BCUT2D eigenvalue weighted by molar-refractivity contribution is 0.315. The third-order valence-corrected chi connectivity index (χ3v) is 6.90. The Kier molecular flexibility index (Phi) is 7.52. The Labute approximate surface area is 214 Å². The van der Waals surface area contributed by atoms with Gasteiger partial charge in [0.05, 0.1) is 17.7 Å². The molecule has 0 saturated carbocycles. The van der Waals surface area contributed by atoms with E-state index < -0.39 is 11.5 Å². The highest BCUT2D eigenvalue weighted by molar-refractivity contribution is 6.32. The van der Waals surface area contributed by atoms with Crippen molar-refractivity contribution in [3.05, 3.63) is 44.4 Å². The summed E-state index contributed by atoms with van der Waals surface area (Å²) < 4.78 is 22.0. The van der Waals surface area contributed by atoms with Crippen molar-refractivity contribution in [1.29, 1.82) is 0 Å². The molecule has 1 fully saturated rings. The van der Waals surface area contributed by atoms with E-state index in [0.717, 1.165) is 19.3 Å². The maximum absolute atomic E-state index is 14.7. The molecule has 0 amide bonds. The van der Waals surface area contributed by atoms with Crippen molar-refractivity contribution in [1.82, 2.24) is 19.5 Å². The summed E-state index contributed by atoms with van der Waals surface area (Å²) in [6, 6.07) is 1.44. The van der Waals surface area contributed by atoms with Crippen molar-refractivity contribution in [3.63, 3.8) is 0 Å². The Bertz CT molecular complexity index is 1310. The molecule has 4 heterocycles. The quantitative estimate of drug-likeness (QED) is 0.361. The zero-order chi connectivity index (χ0) is 25.4. The Morgan fingerprint density at radius 2 is 1.97 bits per heavy atom. The fourth-order valence-corrected chi connectivity index (χ4v) is 4.87. The molecular weight excluding hydrogens is 492 g/mol. The monoisotopic (exact) mass is 521 g/mol. The number of anilines is 1. The fourth-order valence-electron chi connectivity index (χ4n) is 4.54. The molecule has 0 unspecified atom stereocenters. The van der Waals surface area contributed by atoms with Crippen LogP contribution in [0.3, 0.4) is 0 Å². The van der Waals surface area contributed by atoms with Crippen LogP contribution in [0.25, 0.3) is 16.7 Å². The van der Waals surface area contributed by atoms with Gasteiger partial charge in [0.15, 0.2) is 22.4 Å². The van der Waals surface area contributed by atoms with Crippen LogP contribution in [0, 0.1) is 11.7 Å². The minimum Gasteiger partial charge on any atom is -0.490 e. The highest BCUT2D eigenvalue weighted by atomic mass is 35.5. The molecule has 2 atom stereocenters. The molecule has 3 aromatic heterocycles. The number of fused-ring (bicyclic) bond motifs is 1. The lowest BCUT2D eigenvalue weighted by Crippen LogP contribution is -2.43. The van der Waals surface area contributed by atoms with Gasteiger partial charge in [-0.2, -0.15) is 4.98 Å². The van der Waals surface area contributed by atoms with E-state index in [9.17, 15) is 9.18 Å². The maximum Gasteiger partial charge on any atom is 0.356 e. The van der Waals surface area contributed by atoms with E-state index in [0.29, 0.717) is 47.4 Å². The molecule has 3 aromatic rings. The zero-order valence-electron chi connectivity index (χ0n) is 20.6. The first-order chi connectivity index (χ1) is 16.6. The minimum absolute atomic E-state index is 0.0771. The summed E-state index contributed by atoms with van der Waals surface area (Å²) in [5.41, 5.74) is 0.537. The van der Waals surface area contributed by atoms with E-state index >= 15 is 0 Å². The highest BCUT2D eigenvalue weighted by Crippen LogP contribution is 2.38. The van der Waals surface area contributed by atoms with Crippen LogP contribution in [0.5, 0.6) is 5.75 Å². The van der Waals surface area contributed by atoms with Crippen LogP contribution >= 0.6 is 23.2 Å². The van der Waals surface area contributed by atoms with Crippen molar-refractivity contribution in [3.8, 4) is 11.4 Å². The van der Waals surface area contributed by atoms with E-state index in [1.165, 1.54) is 16.8 Å². The van der Waals surface area contributed by atoms with Crippen LogP contribution in [0.1, 0.15) is 65.5 Å². The molecule has 188 valence electrons. The predicted octanol–water partition coefficient (Wildman–Crippen LogP) is 6.16. The molecule has 10 heteroatoms. The lowest BCUT2D eigenvalue weighted by Gasteiger charge is -2.38. The Morgan fingerprint density at radius 1 is 1.23 bits per heavy atom. The number of pyridine rings is 2. The molecule has 7 nitrogen and oxygen atoms in total. The summed E-state index contributed by atoms with van der Waals surface area (Å²) in [5.74, 6) is 0.370. The van der Waals surface area contributed by atoms with Gasteiger partial charge in [-0.1, -0.05) is 50.9 Å². The van der Waals surface area contributed by atoms with Gasteiger partial charge in [-0.25, -0.2) is 18.7 Å². The molecule has 0 N–H and O–H groups in total. The Balaban J connectivity index is 2.10. The van der Waals surface area contributed by atoms with Gasteiger partial charge in [0, 0.05) is 18.8 Å². The number of hydrogen-bond acceptors (Lipinski definition) is 6. The average molecular weight is 522 g/mol. The molecule has 0 aliphatic carbocycles. The molecule has 4 rings (SSSR count). The van der Waals surface area contributed by atoms with E-state index in [2.05, 4.69) is 33.7 Å². The number of aromatic nitrogens is 4. The van der Waals surface area contributed by atoms with Gasteiger partial charge in [0.2, 0.25) is 0 Å². The first-order valence-corrected chi connectivity index (χ1v) is 12.8. The molecule has 1 aliphatic heterocycles. The first kappa shape index (κ1) is 25.6. The third-order valence-electron chi connectivity index (χ3n) is 6.36. The summed E-state index contributed by atoms with van der Waals surface area (Å²) in [7, 11) is 0. The number of ether oxygens (including phenoxy) is 1. The summed E-state index contributed by atoms with van der Waals surface area (Å²) >= 11 is 12.6. The van der Waals surface area contributed by atoms with Crippen molar-refractivity contribution >= 4 is 40.1 Å². The predicted molar refractivity (Wildman–Crippen MR) is 138 cm³/mol. The number of nitrogens with zero attached hydrogens (tertiary/aromatic N) is 5. The lowest BCUT2D eigenvalue weighted by atomic mass is 9.95. The van der Waals surface area contributed by atoms with Crippen LogP contribution in [-0.4, -0.2) is 38.7 Å². The topological polar surface area (TPSA) is 73.1 Å². The van der Waals surface area contributed by atoms with Crippen LogP contribution in [0.2, 0.25) is 10.2 Å². The zero-order valence-corrected chi connectivity index (χ0v) is 22.1. The second kappa shape index (κ2) is 10.3. The van der Waals surface area contributed by atoms with Crippen LogP contribution in [0.4, 0.5) is 10.2 Å². The smallest absolute Gasteiger partial charge is 0.356 e. The normalized spacial score (nSPS) is 18.5. The van der Waals surface area contributed by atoms with Gasteiger partial charge in [0.25, 0.3) is 0 Å². The van der Waals surface area contributed by atoms with E-state index in [4.69, 9.17) is 27.9 Å². The number of piperidine rings is 1. The Morgan fingerprint density at radius 3 is 2.66 bits per heavy atom. The second-order valence-electron chi connectivity index (χ2n) is 9.54. The number of hydrogen-bond donors (Lipinski definition) is 0. The molecule has 0 radical (unpaired) electrons. The average Bonchev–Trinajstić information content (AvgIpc) is 2.80. The van der Waals surface area contributed by atoms with Gasteiger partial charge in [0.1, 0.15) is 16.5 Å². The third kappa shape index (κ3) is 4.83. The molecule has 0 spiro atoms. The first-order valence-electron chi connectivity index (χ1n) is 12.0. The standard InChI is InChI=1S/C25H30Cl2FN5O2/c1-6-9-35-21-17(26)11-29-19(13(2)3)20(21)33-24-16(10-18(28)22(27)30-24)23(31-25(33)34)32-12-14(4)7-8-15(32)5/h10-11,13-15H,6-9,12H2,1-5H3/t14-,15-/m0/s1. The van der Waals surface area contributed by atoms with Gasteiger partial charge < -0.3 is 9.64 Å². The van der Waals surface area contributed by atoms with Crippen molar-refractivity contribution in [2.24, 2.45) is 5.92 Å². The molecular formula is C25H30Cl2FN5O2. The molecule has 0 bridgehead atoms. The van der Waals surface area contributed by atoms with Crippen LogP contribution in [-0.2, 0) is 0 Å². The molecule has 35 heavy (non-hydrogen) atoms. The van der Waals surface area contributed by atoms with Crippen molar-refractivity contribution in [2.75, 3.05) is 18.1 Å². The van der Waals surface area contributed by atoms with E-state index in [1.54, 1.807) is 0 Å². The maximum atomic E-state index is 14.7. The molecule has 1 aliphatic rings. The molecule has 1 saturated heterocycles. The van der Waals surface area contributed by atoms with Gasteiger partial charge >= 0.3 is 5.69 Å². The van der Waals surface area contributed by atoms with Crippen LogP contribution < -0.4 is 15.3 Å². The minimum atomic E-state index is -0.680. The van der Waals surface area contributed by atoms with E-state index in [-0.39, 0.29) is 27.8 Å². The summed E-state index contributed by atoms with van der Waals surface area (Å²) in [6.45, 7) is 11.2. The molecule has 0 aromatic carbocycles. The van der Waals surface area contributed by atoms with Gasteiger partial charge in [-0.3, -0.25) is 4.98 Å². The fraction of sp³-hybridized carbons (Fsp3) is 0.520. The summed E-state index contributed by atoms with van der Waals surface area (Å²) in [6.07, 6.45) is 4.27. The summed E-state index contributed by atoms with van der Waals surface area (Å²) in [5, 5.41) is 0.317. The number of halogens is 3.